The van der Waals surface area contributed by atoms with E-state index in [-0.39, 0.29) is 23.6 Å². The number of carbonyl (C=O) groups excluding carboxylic acids is 2. The van der Waals surface area contributed by atoms with Gasteiger partial charge >= 0.3 is 5.97 Å². The minimum Gasteiger partial charge on any atom is -0.466 e. The summed E-state index contributed by atoms with van der Waals surface area (Å²) in [5, 5.41) is 0. The van der Waals surface area contributed by atoms with Crippen molar-refractivity contribution in [3.63, 3.8) is 0 Å². The largest absolute Gasteiger partial charge is 0.466 e. The number of ether oxygens (including phenoxy) is 1. The van der Waals surface area contributed by atoms with Gasteiger partial charge in [-0.15, -0.1) is 0 Å². The summed E-state index contributed by atoms with van der Waals surface area (Å²) >= 11 is 0. The molecule has 0 amide bonds. The van der Waals surface area contributed by atoms with Gasteiger partial charge in [0.25, 0.3) is 0 Å². The Morgan fingerprint density at radius 3 is 2.73 bits per heavy atom. The number of ketones is 1. The first-order valence-electron chi connectivity index (χ1n) is 5.51. The molecule has 2 atom stereocenters. The van der Waals surface area contributed by atoms with Crippen LogP contribution in [0, 0.1) is 11.8 Å². The van der Waals surface area contributed by atoms with Crippen LogP contribution in [0.25, 0.3) is 0 Å². The van der Waals surface area contributed by atoms with Crippen LogP contribution in [0.5, 0.6) is 0 Å². The molecule has 0 spiro atoms. The Kier molecular flexibility index (Phi) is 4.06. The highest BCUT2D eigenvalue weighted by molar-refractivity contribution is 5.95. The molecule has 84 valence electrons. The van der Waals surface area contributed by atoms with E-state index in [0.717, 1.165) is 12.0 Å². The first-order valence-corrected chi connectivity index (χ1v) is 5.51. The van der Waals surface area contributed by atoms with Gasteiger partial charge in [0.1, 0.15) is 0 Å². The minimum absolute atomic E-state index is 0.0605. The fourth-order valence-electron chi connectivity index (χ4n) is 1.89. The van der Waals surface area contributed by atoms with E-state index in [1.807, 2.05) is 13.8 Å². The topological polar surface area (TPSA) is 43.4 Å². The van der Waals surface area contributed by atoms with Crippen LogP contribution in [0.3, 0.4) is 0 Å². The predicted molar refractivity (Wildman–Crippen MR) is 57.3 cm³/mol. The zero-order valence-electron chi connectivity index (χ0n) is 9.58. The van der Waals surface area contributed by atoms with Gasteiger partial charge in [0.15, 0.2) is 5.78 Å². The van der Waals surface area contributed by atoms with Crippen LogP contribution in [-0.2, 0) is 14.3 Å². The minimum atomic E-state index is -0.206. The van der Waals surface area contributed by atoms with E-state index in [4.69, 9.17) is 4.74 Å². The summed E-state index contributed by atoms with van der Waals surface area (Å²) in [5.41, 5.74) is 0.913. The van der Waals surface area contributed by atoms with Crippen molar-refractivity contribution >= 4 is 11.8 Å². The highest BCUT2D eigenvalue weighted by Gasteiger charge is 2.31. The molecule has 3 nitrogen and oxygen atoms in total. The standard InChI is InChI=1S/C12H18O3/c1-4-9-7-11(13)8(3)6-10(9)12(14)15-5-2/h7-8,10H,4-6H2,1-3H3. The van der Waals surface area contributed by atoms with Gasteiger partial charge in [0.05, 0.1) is 12.5 Å². The first-order chi connectivity index (χ1) is 7.10. The summed E-state index contributed by atoms with van der Waals surface area (Å²) in [6.07, 6.45) is 2.95. The monoisotopic (exact) mass is 210 g/mol. The molecule has 1 aliphatic carbocycles. The zero-order chi connectivity index (χ0) is 11.4. The Bertz CT molecular complexity index is 291. The summed E-state index contributed by atoms with van der Waals surface area (Å²) in [6, 6.07) is 0. The van der Waals surface area contributed by atoms with Crippen LogP contribution in [0.2, 0.25) is 0 Å². The number of hydrogen-bond donors (Lipinski definition) is 0. The summed E-state index contributed by atoms with van der Waals surface area (Å²) in [4.78, 5) is 23.1. The Hall–Kier alpha value is -1.12. The molecule has 0 aliphatic heterocycles. The maximum absolute atomic E-state index is 11.6. The van der Waals surface area contributed by atoms with E-state index in [1.165, 1.54) is 0 Å². The third-order valence-electron chi connectivity index (χ3n) is 2.83. The fourth-order valence-corrected chi connectivity index (χ4v) is 1.89. The number of allylic oxidation sites excluding steroid dienone is 1. The average Bonchev–Trinajstić information content (AvgIpc) is 2.21. The van der Waals surface area contributed by atoms with Crippen molar-refractivity contribution < 1.29 is 14.3 Å². The Labute approximate surface area is 90.5 Å². The van der Waals surface area contributed by atoms with E-state index >= 15 is 0 Å². The molecule has 1 rings (SSSR count). The normalized spacial score (nSPS) is 26.1. The van der Waals surface area contributed by atoms with Gasteiger partial charge in [0.2, 0.25) is 0 Å². The van der Waals surface area contributed by atoms with Gasteiger partial charge < -0.3 is 4.74 Å². The molecule has 0 saturated heterocycles. The van der Waals surface area contributed by atoms with Crippen molar-refractivity contribution in [2.45, 2.75) is 33.6 Å². The van der Waals surface area contributed by atoms with Gasteiger partial charge in [-0.05, 0) is 25.8 Å². The van der Waals surface area contributed by atoms with Gasteiger partial charge in [-0.3, -0.25) is 9.59 Å². The smallest absolute Gasteiger partial charge is 0.313 e. The highest BCUT2D eigenvalue weighted by Crippen LogP contribution is 2.29. The SMILES string of the molecule is CCOC(=O)C1CC(C)C(=O)C=C1CC. The lowest BCUT2D eigenvalue weighted by atomic mass is 9.80. The third kappa shape index (κ3) is 2.67. The summed E-state index contributed by atoms with van der Waals surface area (Å²) < 4.78 is 5.01. The molecular formula is C12H18O3. The summed E-state index contributed by atoms with van der Waals surface area (Å²) in [5.74, 6) is -0.324. The lowest BCUT2D eigenvalue weighted by molar-refractivity contribution is -0.147. The molecule has 0 N–H and O–H groups in total. The molecule has 0 heterocycles. The molecule has 0 aromatic carbocycles. The van der Waals surface area contributed by atoms with Crippen LogP contribution in [0.15, 0.2) is 11.6 Å². The second-order valence-corrected chi connectivity index (χ2v) is 3.92. The van der Waals surface area contributed by atoms with E-state index < -0.39 is 0 Å². The Morgan fingerprint density at radius 2 is 2.20 bits per heavy atom. The lowest BCUT2D eigenvalue weighted by Gasteiger charge is -2.25. The quantitative estimate of drug-likeness (QED) is 0.670. The van der Waals surface area contributed by atoms with Gasteiger partial charge in [-0.1, -0.05) is 19.4 Å². The number of rotatable bonds is 3. The second-order valence-electron chi connectivity index (χ2n) is 3.92. The first kappa shape index (κ1) is 12.0. The van der Waals surface area contributed by atoms with Gasteiger partial charge in [0, 0.05) is 5.92 Å². The zero-order valence-corrected chi connectivity index (χ0v) is 9.58. The van der Waals surface area contributed by atoms with Crippen molar-refractivity contribution in [2.24, 2.45) is 11.8 Å². The molecule has 15 heavy (non-hydrogen) atoms. The number of carbonyl (C=O) groups is 2. The molecule has 3 heteroatoms. The molecule has 0 aromatic heterocycles. The van der Waals surface area contributed by atoms with E-state index in [2.05, 4.69) is 0 Å². The molecular weight excluding hydrogens is 192 g/mol. The average molecular weight is 210 g/mol. The van der Waals surface area contributed by atoms with E-state index in [1.54, 1.807) is 13.0 Å². The van der Waals surface area contributed by atoms with E-state index in [0.29, 0.717) is 13.0 Å². The second kappa shape index (κ2) is 5.10. The van der Waals surface area contributed by atoms with Crippen molar-refractivity contribution in [2.75, 3.05) is 6.61 Å². The predicted octanol–water partition coefficient (Wildman–Crippen LogP) is 2.11. The maximum Gasteiger partial charge on any atom is 0.313 e. The molecule has 1 aliphatic rings. The molecule has 0 aromatic rings. The van der Waals surface area contributed by atoms with Crippen molar-refractivity contribution in [1.82, 2.24) is 0 Å². The van der Waals surface area contributed by atoms with Crippen molar-refractivity contribution in [3.05, 3.63) is 11.6 Å². The number of esters is 1. The molecule has 0 saturated carbocycles. The number of hydrogen-bond acceptors (Lipinski definition) is 3. The third-order valence-corrected chi connectivity index (χ3v) is 2.83. The van der Waals surface area contributed by atoms with Gasteiger partial charge in [-0.2, -0.15) is 0 Å². The van der Waals surface area contributed by atoms with Crippen LogP contribution in [0.1, 0.15) is 33.6 Å². The molecule has 2 unspecified atom stereocenters. The molecule has 0 bridgehead atoms. The molecule has 0 fully saturated rings. The summed E-state index contributed by atoms with van der Waals surface area (Å²) in [6.45, 7) is 6.01. The van der Waals surface area contributed by atoms with Crippen molar-refractivity contribution in [1.29, 1.82) is 0 Å². The Morgan fingerprint density at radius 1 is 1.53 bits per heavy atom. The van der Waals surface area contributed by atoms with Crippen LogP contribution in [0.4, 0.5) is 0 Å². The van der Waals surface area contributed by atoms with Crippen LogP contribution < -0.4 is 0 Å². The van der Waals surface area contributed by atoms with Gasteiger partial charge in [-0.25, -0.2) is 0 Å². The molecule has 0 radical (unpaired) electrons. The lowest BCUT2D eigenvalue weighted by Crippen LogP contribution is -2.28. The maximum atomic E-state index is 11.6. The highest BCUT2D eigenvalue weighted by atomic mass is 16.5. The fraction of sp³-hybridized carbons (Fsp3) is 0.667. The van der Waals surface area contributed by atoms with Crippen LogP contribution in [-0.4, -0.2) is 18.4 Å². The van der Waals surface area contributed by atoms with Crippen molar-refractivity contribution in [3.8, 4) is 0 Å². The Balaban J connectivity index is 2.83. The van der Waals surface area contributed by atoms with E-state index in [9.17, 15) is 9.59 Å². The van der Waals surface area contributed by atoms with Crippen LogP contribution >= 0.6 is 0 Å². The summed E-state index contributed by atoms with van der Waals surface area (Å²) in [7, 11) is 0.